The molecule has 18 heavy (non-hydrogen) atoms. The predicted octanol–water partition coefficient (Wildman–Crippen LogP) is 1.92. The molecule has 0 aromatic carbocycles. The molecule has 0 saturated carbocycles. The van der Waals surface area contributed by atoms with Crippen LogP contribution in [0.25, 0.3) is 0 Å². The number of hydrogen-bond donors (Lipinski definition) is 2. The van der Waals surface area contributed by atoms with Crippen LogP contribution in [0.4, 0.5) is 0 Å². The highest BCUT2D eigenvalue weighted by molar-refractivity contribution is 5.87. The topological polar surface area (TPSA) is 66.8 Å². The molecule has 0 amide bonds. The SMILES string of the molecule is C=C(C)C(=O)OC1=CC(C)(O)CC(CC)(CO)C1. The van der Waals surface area contributed by atoms with Gasteiger partial charge in [0.15, 0.2) is 0 Å². The zero-order valence-corrected chi connectivity index (χ0v) is 11.3. The van der Waals surface area contributed by atoms with E-state index in [0.29, 0.717) is 30.6 Å². The number of aliphatic hydroxyl groups is 2. The number of aliphatic hydroxyl groups excluding tert-OH is 1. The molecule has 0 bridgehead atoms. The van der Waals surface area contributed by atoms with E-state index in [9.17, 15) is 15.0 Å². The normalized spacial score (nSPS) is 31.7. The van der Waals surface area contributed by atoms with E-state index < -0.39 is 17.0 Å². The summed E-state index contributed by atoms with van der Waals surface area (Å²) in [6, 6.07) is 0. The van der Waals surface area contributed by atoms with Crippen LogP contribution in [0.5, 0.6) is 0 Å². The molecule has 2 unspecified atom stereocenters. The Kier molecular flexibility index (Phi) is 4.35. The van der Waals surface area contributed by atoms with Crippen LogP contribution in [0.1, 0.15) is 40.0 Å². The number of hydrogen-bond acceptors (Lipinski definition) is 4. The van der Waals surface area contributed by atoms with Gasteiger partial charge in [-0.25, -0.2) is 4.79 Å². The average molecular weight is 254 g/mol. The summed E-state index contributed by atoms with van der Waals surface area (Å²) in [4.78, 5) is 11.5. The van der Waals surface area contributed by atoms with Crippen molar-refractivity contribution in [3.8, 4) is 0 Å². The lowest BCUT2D eigenvalue weighted by Crippen LogP contribution is -2.40. The van der Waals surface area contributed by atoms with Crippen LogP contribution < -0.4 is 0 Å². The van der Waals surface area contributed by atoms with Gasteiger partial charge in [-0.15, -0.1) is 0 Å². The molecule has 102 valence electrons. The molecule has 4 heteroatoms. The van der Waals surface area contributed by atoms with E-state index in [2.05, 4.69) is 6.58 Å². The number of ether oxygens (including phenoxy) is 1. The molecular weight excluding hydrogens is 232 g/mol. The Morgan fingerprint density at radius 1 is 1.61 bits per heavy atom. The Bertz CT molecular complexity index is 375. The summed E-state index contributed by atoms with van der Waals surface area (Å²) in [5, 5.41) is 19.7. The van der Waals surface area contributed by atoms with Crippen molar-refractivity contribution in [2.75, 3.05) is 6.61 Å². The summed E-state index contributed by atoms with van der Waals surface area (Å²) in [6.45, 7) is 8.66. The third kappa shape index (κ3) is 3.43. The Morgan fingerprint density at radius 3 is 2.67 bits per heavy atom. The minimum Gasteiger partial charge on any atom is -0.428 e. The zero-order chi connectivity index (χ0) is 14.0. The minimum atomic E-state index is -1.07. The van der Waals surface area contributed by atoms with E-state index in [-0.39, 0.29) is 6.61 Å². The first kappa shape index (κ1) is 14.9. The maximum Gasteiger partial charge on any atom is 0.338 e. The van der Waals surface area contributed by atoms with Crippen LogP contribution in [0.15, 0.2) is 24.0 Å². The van der Waals surface area contributed by atoms with Gasteiger partial charge in [0.2, 0.25) is 0 Å². The van der Waals surface area contributed by atoms with E-state index in [1.165, 1.54) is 0 Å². The van der Waals surface area contributed by atoms with E-state index in [1.807, 2.05) is 6.92 Å². The summed E-state index contributed by atoms with van der Waals surface area (Å²) in [7, 11) is 0. The molecule has 4 nitrogen and oxygen atoms in total. The van der Waals surface area contributed by atoms with Crippen molar-refractivity contribution in [3.63, 3.8) is 0 Å². The number of allylic oxidation sites excluding steroid dienone is 1. The van der Waals surface area contributed by atoms with Gasteiger partial charge in [0.25, 0.3) is 0 Å². The molecule has 2 atom stereocenters. The van der Waals surface area contributed by atoms with Crippen molar-refractivity contribution < 1.29 is 19.7 Å². The molecule has 0 saturated heterocycles. The van der Waals surface area contributed by atoms with Crippen LogP contribution in [0.2, 0.25) is 0 Å². The van der Waals surface area contributed by atoms with Crippen molar-refractivity contribution in [2.45, 2.75) is 45.6 Å². The van der Waals surface area contributed by atoms with E-state index >= 15 is 0 Å². The number of carbonyl (C=O) groups is 1. The summed E-state index contributed by atoms with van der Waals surface area (Å²) >= 11 is 0. The molecule has 2 N–H and O–H groups in total. The molecule has 1 aliphatic carbocycles. The summed E-state index contributed by atoms with van der Waals surface area (Å²) in [5.41, 5.74) is -1.18. The predicted molar refractivity (Wildman–Crippen MR) is 68.7 cm³/mol. The quantitative estimate of drug-likeness (QED) is 0.594. The molecule has 0 aliphatic heterocycles. The summed E-state index contributed by atoms with van der Waals surface area (Å²) in [6.07, 6.45) is 3.18. The van der Waals surface area contributed by atoms with Crippen LogP contribution in [-0.2, 0) is 9.53 Å². The van der Waals surface area contributed by atoms with Crippen molar-refractivity contribution in [1.29, 1.82) is 0 Å². The Morgan fingerprint density at radius 2 is 2.22 bits per heavy atom. The van der Waals surface area contributed by atoms with Crippen molar-refractivity contribution in [2.24, 2.45) is 5.41 Å². The summed E-state index contributed by atoms with van der Waals surface area (Å²) in [5.74, 6) is -0.0861. The standard InChI is InChI=1S/C14H22O4/c1-5-14(9-15)7-11(6-13(4,17)8-14)18-12(16)10(2)3/h6,15,17H,2,5,7-9H2,1,3-4H3. The monoisotopic (exact) mass is 254 g/mol. The largest absolute Gasteiger partial charge is 0.428 e. The fourth-order valence-corrected chi connectivity index (χ4v) is 2.39. The fraction of sp³-hybridized carbons (Fsp3) is 0.643. The Balaban J connectivity index is 2.94. The van der Waals surface area contributed by atoms with E-state index in [1.54, 1.807) is 19.9 Å². The second-order valence-electron chi connectivity index (χ2n) is 5.50. The summed E-state index contributed by atoms with van der Waals surface area (Å²) < 4.78 is 5.20. The van der Waals surface area contributed by atoms with Gasteiger partial charge in [-0.3, -0.25) is 0 Å². The fourth-order valence-electron chi connectivity index (χ4n) is 2.39. The minimum absolute atomic E-state index is 0.0401. The molecule has 0 fully saturated rings. The molecule has 0 aromatic heterocycles. The molecule has 0 heterocycles. The second kappa shape index (κ2) is 5.24. The van der Waals surface area contributed by atoms with Gasteiger partial charge in [-0.1, -0.05) is 13.5 Å². The number of carbonyl (C=O) groups excluding carboxylic acids is 1. The lowest BCUT2D eigenvalue weighted by atomic mass is 9.70. The van der Waals surface area contributed by atoms with Gasteiger partial charge >= 0.3 is 5.97 Å². The maximum absolute atomic E-state index is 11.5. The zero-order valence-electron chi connectivity index (χ0n) is 11.3. The second-order valence-corrected chi connectivity index (χ2v) is 5.50. The smallest absolute Gasteiger partial charge is 0.338 e. The third-order valence-electron chi connectivity index (χ3n) is 3.41. The highest BCUT2D eigenvalue weighted by atomic mass is 16.5. The highest BCUT2D eigenvalue weighted by Gasteiger charge is 2.41. The Labute approximate surface area is 108 Å². The van der Waals surface area contributed by atoms with Gasteiger partial charge in [0.1, 0.15) is 5.76 Å². The molecular formula is C14H22O4. The average Bonchev–Trinajstić information content (AvgIpc) is 2.26. The third-order valence-corrected chi connectivity index (χ3v) is 3.41. The van der Waals surface area contributed by atoms with Crippen molar-refractivity contribution >= 4 is 5.97 Å². The van der Waals surface area contributed by atoms with Gasteiger partial charge < -0.3 is 14.9 Å². The first-order chi connectivity index (χ1) is 8.23. The van der Waals surface area contributed by atoms with Crippen LogP contribution in [0.3, 0.4) is 0 Å². The van der Waals surface area contributed by atoms with Gasteiger partial charge in [-0.05, 0) is 32.8 Å². The van der Waals surface area contributed by atoms with Crippen molar-refractivity contribution in [3.05, 3.63) is 24.0 Å². The lowest BCUT2D eigenvalue weighted by Gasteiger charge is -2.40. The molecule has 0 radical (unpaired) electrons. The maximum atomic E-state index is 11.5. The van der Waals surface area contributed by atoms with Gasteiger partial charge in [0.05, 0.1) is 5.60 Å². The van der Waals surface area contributed by atoms with Gasteiger partial charge in [0, 0.05) is 24.0 Å². The number of rotatable bonds is 4. The van der Waals surface area contributed by atoms with Crippen LogP contribution >= 0.6 is 0 Å². The van der Waals surface area contributed by atoms with Crippen LogP contribution in [-0.4, -0.2) is 28.4 Å². The first-order valence-corrected chi connectivity index (χ1v) is 6.16. The molecule has 1 rings (SSSR count). The van der Waals surface area contributed by atoms with E-state index in [0.717, 1.165) is 0 Å². The van der Waals surface area contributed by atoms with Crippen LogP contribution in [0, 0.1) is 5.41 Å². The molecule has 0 spiro atoms. The van der Waals surface area contributed by atoms with Crippen molar-refractivity contribution in [1.82, 2.24) is 0 Å². The van der Waals surface area contributed by atoms with E-state index in [4.69, 9.17) is 4.74 Å². The lowest BCUT2D eigenvalue weighted by molar-refractivity contribution is -0.136. The highest BCUT2D eigenvalue weighted by Crippen LogP contribution is 2.43. The Hall–Kier alpha value is -1.13. The molecule has 1 aliphatic rings. The molecule has 0 aromatic rings. The van der Waals surface area contributed by atoms with Gasteiger partial charge in [-0.2, -0.15) is 0 Å². The number of esters is 1. The first-order valence-electron chi connectivity index (χ1n) is 6.16.